The predicted octanol–water partition coefficient (Wildman–Crippen LogP) is 3.49. The zero-order valence-corrected chi connectivity index (χ0v) is 12.4. The van der Waals surface area contributed by atoms with E-state index in [1.807, 2.05) is 0 Å². The molecular formula is C14H18ClNO2S. The summed E-state index contributed by atoms with van der Waals surface area (Å²) in [5, 5.41) is 3.79. The quantitative estimate of drug-likeness (QED) is 0.797. The minimum Gasteiger partial charge on any atom is -0.382 e. The van der Waals surface area contributed by atoms with Gasteiger partial charge in [0.05, 0.1) is 21.4 Å². The van der Waals surface area contributed by atoms with E-state index in [-0.39, 0.29) is 11.2 Å². The Bertz CT molecular complexity index is 591. The number of anilines is 1. The molecular weight excluding hydrogens is 282 g/mol. The van der Waals surface area contributed by atoms with Gasteiger partial charge in [-0.1, -0.05) is 36.9 Å². The van der Waals surface area contributed by atoms with Gasteiger partial charge in [0.2, 0.25) is 0 Å². The second kappa shape index (κ2) is 4.67. The molecule has 1 aromatic carbocycles. The highest BCUT2D eigenvalue weighted by Gasteiger charge is 2.40. The van der Waals surface area contributed by atoms with Crippen LogP contribution in [0.2, 0.25) is 5.02 Å². The van der Waals surface area contributed by atoms with E-state index in [1.54, 1.807) is 18.2 Å². The highest BCUT2D eigenvalue weighted by atomic mass is 35.5. The van der Waals surface area contributed by atoms with Crippen LogP contribution in [-0.2, 0) is 9.84 Å². The maximum absolute atomic E-state index is 12.6. The molecule has 2 aliphatic rings. The van der Waals surface area contributed by atoms with E-state index in [1.165, 1.54) is 6.42 Å². The molecule has 5 heteroatoms. The fourth-order valence-corrected chi connectivity index (χ4v) is 5.79. The van der Waals surface area contributed by atoms with Crippen molar-refractivity contribution in [1.82, 2.24) is 0 Å². The maximum atomic E-state index is 12.6. The minimum absolute atomic E-state index is 0.112. The molecule has 1 N–H and O–H groups in total. The SMILES string of the molecule is O=S1(=O)CC2(CCCCC2)CNc2c(Cl)cccc21. The molecule has 1 aliphatic heterocycles. The molecule has 1 spiro atoms. The second-order valence-corrected chi connectivity index (χ2v) is 8.15. The first-order valence-electron chi connectivity index (χ1n) is 6.78. The molecule has 0 aromatic heterocycles. The zero-order valence-electron chi connectivity index (χ0n) is 10.8. The van der Waals surface area contributed by atoms with Crippen LogP contribution in [0, 0.1) is 5.41 Å². The molecule has 0 unspecified atom stereocenters. The van der Waals surface area contributed by atoms with Crippen molar-refractivity contribution < 1.29 is 8.42 Å². The lowest BCUT2D eigenvalue weighted by molar-refractivity contribution is 0.237. The predicted molar refractivity (Wildman–Crippen MR) is 77.5 cm³/mol. The summed E-state index contributed by atoms with van der Waals surface area (Å²) in [7, 11) is -3.26. The first-order valence-corrected chi connectivity index (χ1v) is 8.81. The summed E-state index contributed by atoms with van der Waals surface area (Å²) in [5.74, 6) is 0.250. The number of halogens is 1. The Labute approximate surface area is 119 Å². The summed E-state index contributed by atoms with van der Waals surface area (Å²) >= 11 is 6.14. The normalized spacial score (nSPS) is 24.3. The highest BCUT2D eigenvalue weighted by Crippen LogP contribution is 2.43. The molecule has 3 rings (SSSR count). The number of fused-ring (bicyclic) bond motifs is 1. The van der Waals surface area contributed by atoms with Gasteiger partial charge in [-0.05, 0) is 25.0 Å². The summed E-state index contributed by atoms with van der Waals surface area (Å²) in [5.41, 5.74) is 0.478. The maximum Gasteiger partial charge on any atom is 0.181 e. The summed E-state index contributed by atoms with van der Waals surface area (Å²) in [6.45, 7) is 0.711. The van der Waals surface area contributed by atoms with Gasteiger partial charge in [-0.2, -0.15) is 0 Å². The number of para-hydroxylation sites is 1. The van der Waals surface area contributed by atoms with Crippen LogP contribution in [0.4, 0.5) is 5.69 Å². The van der Waals surface area contributed by atoms with Gasteiger partial charge in [0.25, 0.3) is 0 Å². The van der Waals surface area contributed by atoms with Crippen LogP contribution >= 0.6 is 11.6 Å². The first-order chi connectivity index (χ1) is 9.03. The third-order valence-corrected chi connectivity index (χ3v) is 6.68. The monoisotopic (exact) mass is 299 g/mol. The van der Waals surface area contributed by atoms with E-state index in [9.17, 15) is 8.42 Å². The average molecular weight is 300 g/mol. The van der Waals surface area contributed by atoms with E-state index in [0.717, 1.165) is 25.7 Å². The zero-order chi connectivity index (χ0) is 13.5. The fraction of sp³-hybridized carbons (Fsp3) is 0.571. The second-order valence-electron chi connectivity index (χ2n) is 5.79. The van der Waals surface area contributed by atoms with Crippen molar-refractivity contribution in [3.63, 3.8) is 0 Å². The minimum atomic E-state index is -3.26. The van der Waals surface area contributed by atoms with Crippen LogP contribution in [0.5, 0.6) is 0 Å². The van der Waals surface area contributed by atoms with Gasteiger partial charge >= 0.3 is 0 Å². The Balaban J connectivity index is 2.06. The standard InChI is InChI=1S/C14H18ClNO2S/c15-11-5-4-6-12-13(11)16-9-14(10-19(12,17)18)7-2-1-3-8-14/h4-6,16H,1-3,7-10H2. The number of benzene rings is 1. The molecule has 1 aliphatic carbocycles. The molecule has 0 radical (unpaired) electrons. The molecule has 0 bridgehead atoms. The number of nitrogens with one attached hydrogen (secondary N) is 1. The van der Waals surface area contributed by atoms with Crippen molar-refractivity contribution >= 4 is 27.1 Å². The molecule has 1 aromatic rings. The lowest BCUT2D eigenvalue weighted by Gasteiger charge is -2.35. The molecule has 0 amide bonds. The largest absolute Gasteiger partial charge is 0.382 e. The molecule has 104 valence electrons. The van der Waals surface area contributed by atoms with Crippen molar-refractivity contribution in [2.24, 2.45) is 5.41 Å². The third kappa shape index (κ3) is 2.36. The third-order valence-electron chi connectivity index (χ3n) is 4.36. The van der Waals surface area contributed by atoms with Crippen LogP contribution < -0.4 is 5.32 Å². The topological polar surface area (TPSA) is 46.2 Å². The van der Waals surface area contributed by atoms with Crippen LogP contribution in [-0.4, -0.2) is 20.7 Å². The first kappa shape index (κ1) is 13.3. The summed E-state index contributed by atoms with van der Waals surface area (Å²) in [6, 6.07) is 5.10. The van der Waals surface area contributed by atoms with Gasteiger partial charge in [-0.25, -0.2) is 8.42 Å². The molecule has 0 atom stereocenters. The lowest BCUT2D eigenvalue weighted by Crippen LogP contribution is -2.36. The Hall–Kier alpha value is -0.740. The van der Waals surface area contributed by atoms with Crippen molar-refractivity contribution in [3.05, 3.63) is 23.2 Å². The van der Waals surface area contributed by atoms with E-state index in [4.69, 9.17) is 11.6 Å². The van der Waals surface area contributed by atoms with Crippen LogP contribution in [0.1, 0.15) is 32.1 Å². The van der Waals surface area contributed by atoms with Gasteiger partial charge in [-0.3, -0.25) is 0 Å². The van der Waals surface area contributed by atoms with Crippen molar-refractivity contribution in [1.29, 1.82) is 0 Å². The van der Waals surface area contributed by atoms with E-state index in [0.29, 0.717) is 22.2 Å². The van der Waals surface area contributed by atoms with Crippen molar-refractivity contribution in [2.45, 2.75) is 37.0 Å². The number of sulfone groups is 1. The highest BCUT2D eigenvalue weighted by molar-refractivity contribution is 7.91. The summed E-state index contributed by atoms with van der Waals surface area (Å²) in [6.07, 6.45) is 5.45. The lowest BCUT2D eigenvalue weighted by atomic mass is 9.75. The fourth-order valence-electron chi connectivity index (χ4n) is 3.37. The van der Waals surface area contributed by atoms with Gasteiger partial charge in [0, 0.05) is 12.0 Å². The Kier molecular flexibility index (Phi) is 3.26. The number of rotatable bonds is 0. The molecule has 1 heterocycles. The van der Waals surface area contributed by atoms with Crippen LogP contribution in [0.25, 0.3) is 0 Å². The van der Waals surface area contributed by atoms with Gasteiger partial charge in [0.15, 0.2) is 9.84 Å². The number of hydrogen-bond acceptors (Lipinski definition) is 3. The van der Waals surface area contributed by atoms with E-state index in [2.05, 4.69) is 5.32 Å². The van der Waals surface area contributed by atoms with E-state index < -0.39 is 9.84 Å². The Morgan fingerprint density at radius 3 is 2.63 bits per heavy atom. The van der Waals surface area contributed by atoms with Crippen LogP contribution in [0.3, 0.4) is 0 Å². The van der Waals surface area contributed by atoms with Gasteiger partial charge < -0.3 is 5.32 Å². The van der Waals surface area contributed by atoms with E-state index >= 15 is 0 Å². The van der Waals surface area contributed by atoms with Crippen molar-refractivity contribution in [3.8, 4) is 0 Å². The van der Waals surface area contributed by atoms with Gasteiger partial charge in [0.1, 0.15) is 0 Å². The molecule has 0 saturated heterocycles. The summed E-state index contributed by atoms with van der Waals surface area (Å²) < 4.78 is 25.2. The molecule has 3 nitrogen and oxygen atoms in total. The Morgan fingerprint density at radius 1 is 1.16 bits per heavy atom. The average Bonchev–Trinajstić information content (AvgIpc) is 2.47. The molecule has 1 fully saturated rings. The molecule has 1 saturated carbocycles. The number of hydrogen-bond donors (Lipinski definition) is 1. The smallest absolute Gasteiger partial charge is 0.181 e. The van der Waals surface area contributed by atoms with Crippen molar-refractivity contribution in [2.75, 3.05) is 17.6 Å². The Morgan fingerprint density at radius 2 is 1.89 bits per heavy atom. The van der Waals surface area contributed by atoms with Crippen LogP contribution in [0.15, 0.2) is 23.1 Å². The molecule has 19 heavy (non-hydrogen) atoms. The summed E-state index contributed by atoms with van der Waals surface area (Å²) in [4.78, 5) is 0.363. The van der Waals surface area contributed by atoms with Gasteiger partial charge in [-0.15, -0.1) is 0 Å².